The zero-order valence-corrected chi connectivity index (χ0v) is 14.2. The molecule has 1 aromatic carbocycles. The molecule has 3 N–H and O–H groups in total. The number of hydrogen-bond donors (Lipinski definition) is 3. The van der Waals surface area contributed by atoms with Crippen molar-refractivity contribution in [1.82, 2.24) is 16.0 Å². The minimum absolute atomic E-state index is 0.0499. The van der Waals surface area contributed by atoms with E-state index in [0.29, 0.717) is 12.5 Å². The Morgan fingerprint density at radius 1 is 1.09 bits per heavy atom. The molecule has 1 fully saturated rings. The Kier molecular flexibility index (Phi) is 6.44. The van der Waals surface area contributed by atoms with Gasteiger partial charge in [-0.3, -0.25) is 4.79 Å². The molecule has 2 rings (SSSR count). The topological polar surface area (TPSA) is 65.5 Å². The molecule has 5 heteroatoms. The van der Waals surface area contributed by atoms with Gasteiger partial charge in [-0.25, -0.2) is 4.99 Å². The standard InChI is InChI=1S/C18H28N4O/c1-3-19-16(23)13-21-17(20-4-2)22-14-18(11-8-12-18)15-9-6-5-7-10-15/h5-7,9-10H,3-4,8,11-14H2,1-2H3,(H,19,23)(H2,20,21,22). The van der Waals surface area contributed by atoms with Gasteiger partial charge in [-0.05, 0) is 32.3 Å². The highest BCUT2D eigenvalue weighted by Gasteiger charge is 2.38. The van der Waals surface area contributed by atoms with Gasteiger partial charge in [0.25, 0.3) is 0 Å². The number of benzene rings is 1. The van der Waals surface area contributed by atoms with Crippen LogP contribution in [-0.4, -0.2) is 38.0 Å². The summed E-state index contributed by atoms with van der Waals surface area (Å²) in [5, 5.41) is 9.39. The van der Waals surface area contributed by atoms with Gasteiger partial charge >= 0.3 is 0 Å². The maximum atomic E-state index is 11.6. The van der Waals surface area contributed by atoms with Crippen LogP contribution in [0.3, 0.4) is 0 Å². The van der Waals surface area contributed by atoms with Gasteiger partial charge in [-0.1, -0.05) is 36.8 Å². The highest BCUT2D eigenvalue weighted by atomic mass is 16.1. The molecule has 0 radical (unpaired) electrons. The smallest absolute Gasteiger partial charge is 0.241 e. The van der Waals surface area contributed by atoms with Gasteiger partial charge < -0.3 is 16.0 Å². The summed E-state index contributed by atoms with van der Waals surface area (Å²) < 4.78 is 0. The molecule has 126 valence electrons. The third kappa shape index (κ3) is 4.71. The summed E-state index contributed by atoms with van der Waals surface area (Å²) >= 11 is 0. The van der Waals surface area contributed by atoms with Crippen molar-refractivity contribution in [2.24, 2.45) is 4.99 Å². The van der Waals surface area contributed by atoms with Crippen molar-refractivity contribution >= 4 is 11.9 Å². The number of aliphatic imine (C=N–C) groups is 1. The molecular weight excluding hydrogens is 288 g/mol. The van der Waals surface area contributed by atoms with Gasteiger partial charge in [0, 0.05) is 25.0 Å². The van der Waals surface area contributed by atoms with E-state index < -0.39 is 0 Å². The first-order valence-corrected chi connectivity index (χ1v) is 8.54. The molecule has 1 aliphatic rings. The second-order valence-electron chi connectivity index (χ2n) is 6.00. The van der Waals surface area contributed by atoms with Gasteiger partial charge in [-0.15, -0.1) is 0 Å². The molecule has 0 aromatic heterocycles. The van der Waals surface area contributed by atoms with E-state index in [1.165, 1.54) is 24.8 Å². The second-order valence-corrected chi connectivity index (χ2v) is 6.00. The van der Waals surface area contributed by atoms with Gasteiger partial charge in [0.15, 0.2) is 5.96 Å². The van der Waals surface area contributed by atoms with Gasteiger partial charge in [0.05, 0.1) is 0 Å². The van der Waals surface area contributed by atoms with Gasteiger partial charge in [0.1, 0.15) is 6.54 Å². The van der Waals surface area contributed by atoms with E-state index in [2.05, 4.69) is 51.3 Å². The Labute approximate surface area is 139 Å². The molecule has 1 aromatic rings. The molecule has 0 bridgehead atoms. The monoisotopic (exact) mass is 316 g/mol. The summed E-state index contributed by atoms with van der Waals surface area (Å²) in [6, 6.07) is 10.7. The highest BCUT2D eigenvalue weighted by molar-refractivity contribution is 5.84. The average molecular weight is 316 g/mol. The molecule has 0 saturated heterocycles. The molecule has 23 heavy (non-hydrogen) atoms. The first kappa shape index (κ1) is 17.3. The van der Waals surface area contributed by atoms with Gasteiger partial charge in [0.2, 0.25) is 5.91 Å². The number of guanidine groups is 1. The fraction of sp³-hybridized carbons (Fsp3) is 0.556. The number of amides is 1. The summed E-state index contributed by atoms with van der Waals surface area (Å²) in [7, 11) is 0. The van der Waals surface area contributed by atoms with E-state index in [1.807, 2.05) is 13.8 Å². The Morgan fingerprint density at radius 2 is 1.78 bits per heavy atom. The SMILES string of the molecule is CCNC(=O)CN=C(NCC)NCC1(c2ccccc2)CCC1. The van der Waals surface area contributed by atoms with E-state index in [-0.39, 0.29) is 17.9 Å². The molecule has 1 aliphatic carbocycles. The largest absolute Gasteiger partial charge is 0.357 e. The summed E-state index contributed by atoms with van der Waals surface area (Å²) in [6.07, 6.45) is 3.66. The molecular formula is C18H28N4O. The molecule has 0 aliphatic heterocycles. The van der Waals surface area contributed by atoms with Crippen molar-refractivity contribution < 1.29 is 4.79 Å². The van der Waals surface area contributed by atoms with E-state index in [0.717, 1.165) is 13.1 Å². The quantitative estimate of drug-likeness (QED) is 0.531. The number of nitrogens with zero attached hydrogens (tertiary/aromatic N) is 1. The van der Waals surface area contributed by atoms with Crippen LogP contribution in [0, 0.1) is 0 Å². The maximum absolute atomic E-state index is 11.6. The van der Waals surface area contributed by atoms with E-state index in [1.54, 1.807) is 0 Å². The van der Waals surface area contributed by atoms with Crippen LogP contribution in [0.4, 0.5) is 0 Å². The lowest BCUT2D eigenvalue weighted by molar-refractivity contribution is -0.119. The Bertz CT molecular complexity index is 523. The number of carbonyl (C=O) groups excluding carboxylic acids is 1. The van der Waals surface area contributed by atoms with Crippen molar-refractivity contribution in [3.8, 4) is 0 Å². The van der Waals surface area contributed by atoms with Crippen LogP contribution in [0.5, 0.6) is 0 Å². The molecule has 0 unspecified atom stereocenters. The van der Waals surface area contributed by atoms with Crippen LogP contribution >= 0.6 is 0 Å². The van der Waals surface area contributed by atoms with Crippen LogP contribution < -0.4 is 16.0 Å². The molecule has 1 amide bonds. The number of carbonyl (C=O) groups is 1. The van der Waals surface area contributed by atoms with Crippen molar-refractivity contribution in [2.45, 2.75) is 38.5 Å². The predicted molar refractivity (Wildman–Crippen MR) is 94.6 cm³/mol. The Morgan fingerprint density at radius 3 is 2.35 bits per heavy atom. The lowest BCUT2D eigenvalue weighted by Crippen LogP contribution is -2.49. The number of hydrogen-bond acceptors (Lipinski definition) is 2. The zero-order chi connectivity index (χ0) is 16.5. The third-order valence-electron chi connectivity index (χ3n) is 4.39. The molecule has 0 atom stereocenters. The first-order chi connectivity index (χ1) is 11.2. The average Bonchev–Trinajstić information content (AvgIpc) is 2.53. The van der Waals surface area contributed by atoms with E-state index in [9.17, 15) is 4.79 Å². The Hall–Kier alpha value is -2.04. The molecule has 0 heterocycles. The van der Waals surface area contributed by atoms with Crippen LogP contribution in [0.15, 0.2) is 35.3 Å². The maximum Gasteiger partial charge on any atom is 0.241 e. The minimum atomic E-state index is -0.0499. The molecule has 1 saturated carbocycles. The second kappa shape index (κ2) is 8.56. The highest BCUT2D eigenvalue weighted by Crippen LogP contribution is 2.43. The van der Waals surface area contributed by atoms with Crippen molar-refractivity contribution in [3.63, 3.8) is 0 Å². The zero-order valence-electron chi connectivity index (χ0n) is 14.2. The Balaban J connectivity index is 1.97. The third-order valence-corrected chi connectivity index (χ3v) is 4.39. The molecule has 0 spiro atoms. The summed E-state index contributed by atoms with van der Waals surface area (Å²) in [4.78, 5) is 15.9. The fourth-order valence-corrected chi connectivity index (χ4v) is 2.96. The number of rotatable bonds is 7. The predicted octanol–water partition coefficient (Wildman–Crippen LogP) is 1.80. The fourth-order valence-electron chi connectivity index (χ4n) is 2.96. The van der Waals surface area contributed by atoms with Crippen molar-refractivity contribution in [3.05, 3.63) is 35.9 Å². The normalized spacial score (nSPS) is 16.3. The van der Waals surface area contributed by atoms with Crippen LogP contribution in [0.1, 0.15) is 38.7 Å². The van der Waals surface area contributed by atoms with Crippen LogP contribution in [0.25, 0.3) is 0 Å². The van der Waals surface area contributed by atoms with Crippen LogP contribution in [0.2, 0.25) is 0 Å². The summed E-state index contributed by atoms with van der Waals surface area (Å²) in [5.41, 5.74) is 1.58. The van der Waals surface area contributed by atoms with Crippen molar-refractivity contribution in [2.75, 3.05) is 26.2 Å². The van der Waals surface area contributed by atoms with E-state index in [4.69, 9.17) is 0 Å². The minimum Gasteiger partial charge on any atom is -0.357 e. The van der Waals surface area contributed by atoms with Gasteiger partial charge in [-0.2, -0.15) is 0 Å². The van der Waals surface area contributed by atoms with Crippen LogP contribution in [-0.2, 0) is 10.2 Å². The van der Waals surface area contributed by atoms with Crippen molar-refractivity contribution in [1.29, 1.82) is 0 Å². The lowest BCUT2D eigenvalue weighted by atomic mass is 9.64. The summed E-state index contributed by atoms with van der Waals surface area (Å²) in [5.74, 6) is 0.659. The number of likely N-dealkylation sites (N-methyl/N-ethyl adjacent to an activating group) is 1. The lowest BCUT2D eigenvalue weighted by Gasteiger charge is -2.43. The summed E-state index contributed by atoms with van der Waals surface area (Å²) in [6.45, 7) is 6.35. The molecule has 5 nitrogen and oxygen atoms in total. The first-order valence-electron chi connectivity index (χ1n) is 8.54. The number of nitrogens with one attached hydrogen (secondary N) is 3. The van der Waals surface area contributed by atoms with E-state index >= 15 is 0 Å².